The summed E-state index contributed by atoms with van der Waals surface area (Å²) in [6.07, 6.45) is 2.16. The van der Waals surface area contributed by atoms with E-state index >= 15 is 0 Å². The number of aromatic nitrogens is 1. The molecule has 0 aliphatic heterocycles. The summed E-state index contributed by atoms with van der Waals surface area (Å²) in [4.78, 5) is 14.8. The van der Waals surface area contributed by atoms with Gasteiger partial charge in [-0.15, -0.1) is 0 Å². The Labute approximate surface area is 109 Å². The molecule has 5 heteroatoms. The fourth-order valence-electron chi connectivity index (χ4n) is 1.65. The van der Waals surface area contributed by atoms with Crippen molar-refractivity contribution in [1.29, 1.82) is 0 Å². The molecule has 0 amide bonds. The number of aromatic carboxylic acids is 1. The normalized spacial score (nSPS) is 10.2. The minimum atomic E-state index is -0.982. The number of carboxylic acids is 1. The lowest BCUT2D eigenvalue weighted by Crippen LogP contribution is -2.07. The number of pyridine rings is 1. The van der Waals surface area contributed by atoms with Gasteiger partial charge in [-0.2, -0.15) is 0 Å². The Hall–Kier alpha value is -2.43. The lowest BCUT2D eigenvalue weighted by Gasteiger charge is -2.06. The minimum absolute atomic E-state index is 0.194. The molecule has 2 N–H and O–H groups in total. The molecule has 2 aromatic rings. The van der Waals surface area contributed by atoms with E-state index in [4.69, 9.17) is 5.11 Å². The maximum Gasteiger partial charge on any atom is 0.335 e. The van der Waals surface area contributed by atoms with Gasteiger partial charge in [0.2, 0.25) is 0 Å². The van der Waals surface area contributed by atoms with Crippen LogP contribution in [0.4, 0.5) is 10.2 Å². The average molecular weight is 260 g/mol. The van der Waals surface area contributed by atoms with Gasteiger partial charge < -0.3 is 10.4 Å². The maximum atomic E-state index is 12.7. The van der Waals surface area contributed by atoms with E-state index in [-0.39, 0.29) is 11.4 Å². The summed E-state index contributed by atoms with van der Waals surface area (Å²) in [5, 5.41) is 11.9. The van der Waals surface area contributed by atoms with Crippen LogP contribution in [0.25, 0.3) is 0 Å². The standard InChI is InChI=1S/C14H13FN2O2/c15-12-3-1-10(2-4-12)5-7-16-13-9-11(14(18)19)6-8-17-13/h1-4,6,8-9H,5,7H2,(H,16,17)(H,18,19). The first-order valence-electron chi connectivity index (χ1n) is 5.83. The van der Waals surface area contributed by atoms with Crippen LogP contribution in [0, 0.1) is 5.82 Å². The molecule has 0 saturated heterocycles. The van der Waals surface area contributed by atoms with Gasteiger partial charge in [-0.05, 0) is 36.2 Å². The van der Waals surface area contributed by atoms with Crippen molar-refractivity contribution < 1.29 is 14.3 Å². The Balaban J connectivity index is 1.90. The highest BCUT2D eigenvalue weighted by atomic mass is 19.1. The summed E-state index contributed by atoms with van der Waals surface area (Å²) in [6, 6.07) is 9.19. The van der Waals surface area contributed by atoms with Gasteiger partial charge in [0.25, 0.3) is 0 Å². The number of anilines is 1. The summed E-state index contributed by atoms with van der Waals surface area (Å²) in [5.41, 5.74) is 1.20. The Morgan fingerprint density at radius 2 is 2.00 bits per heavy atom. The van der Waals surface area contributed by atoms with Gasteiger partial charge in [0.15, 0.2) is 0 Å². The van der Waals surface area contributed by atoms with Crippen molar-refractivity contribution in [3.8, 4) is 0 Å². The van der Waals surface area contributed by atoms with Gasteiger partial charge in [0.05, 0.1) is 5.56 Å². The highest BCUT2D eigenvalue weighted by molar-refractivity contribution is 5.88. The largest absolute Gasteiger partial charge is 0.478 e. The van der Waals surface area contributed by atoms with E-state index in [1.165, 1.54) is 30.5 Å². The molecule has 1 aromatic heterocycles. The number of hydrogen-bond acceptors (Lipinski definition) is 3. The number of carbonyl (C=O) groups is 1. The number of benzene rings is 1. The van der Waals surface area contributed by atoms with Crippen molar-refractivity contribution in [2.24, 2.45) is 0 Å². The summed E-state index contributed by atoms with van der Waals surface area (Å²) in [6.45, 7) is 0.599. The number of nitrogens with one attached hydrogen (secondary N) is 1. The molecule has 0 unspecified atom stereocenters. The zero-order chi connectivity index (χ0) is 13.7. The van der Waals surface area contributed by atoms with Gasteiger partial charge in [0.1, 0.15) is 11.6 Å². The maximum absolute atomic E-state index is 12.7. The zero-order valence-corrected chi connectivity index (χ0v) is 10.1. The van der Waals surface area contributed by atoms with E-state index in [0.717, 1.165) is 5.56 Å². The first-order chi connectivity index (χ1) is 9.15. The first-order valence-corrected chi connectivity index (χ1v) is 5.83. The van der Waals surface area contributed by atoms with Gasteiger partial charge >= 0.3 is 5.97 Å². The van der Waals surface area contributed by atoms with Gasteiger partial charge in [0, 0.05) is 12.7 Å². The molecular formula is C14H13FN2O2. The van der Waals surface area contributed by atoms with Gasteiger partial charge in [-0.3, -0.25) is 0 Å². The zero-order valence-electron chi connectivity index (χ0n) is 10.1. The van der Waals surface area contributed by atoms with E-state index in [1.54, 1.807) is 12.1 Å². The molecule has 0 spiro atoms. The minimum Gasteiger partial charge on any atom is -0.478 e. The molecule has 1 heterocycles. The second-order valence-corrected chi connectivity index (χ2v) is 4.04. The molecule has 19 heavy (non-hydrogen) atoms. The molecule has 0 aliphatic carbocycles. The van der Waals surface area contributed by atoms with Crippen LogP contribution in [0.5, 0.6) is 0 Å². The fourth-order valence-corrected chi connectivity index (χ4v) is 1.65. The molecule has 0 radical (unpaired) electrons. The second-order valence-electron chi connectivity index (χ2n) is 4.04. The smallest absolute Gasteiger partial charge is 0.335 e. The molecule has 0 bridgehead atoms. The first kappa shape index (κ1) is 13.0. The van der Waals surface area contributed by atoms with E-state index < -0.39 is 5.97 Å². The van der Waals surface area contributed by atoms with Crippen LogP contribution in [0.3, 0.4) is 0 Å². The molecule has 98 valence electrons. The van der Waals surface area contributed by atoms with E-state index in [9.17, 15) is 9.18 Å². The Bertz CT molecular complexity index is 570. The predicted molar refractivity (Wildman–Crippen MR) is 69.8 cm³/mol. The van der Waals surface area contributed by atoms with Crippen molar-refractivity contribution in [3.05, 3.63) is 59.5 Å². The van der Waals surface area contributed by atoms with Crippen molar-refractivity contribution in [2.45, 2.75) is 6.42 Å². The molecule has 2 rings (SSSR count). The molecule has 0 aliphatic rings. The van der Waals surface area contributed by atoms with Crippen molar-refractivity contribution in [1.82, 2.24) is 4.98 Å². The second kappa shape index (κ2) is 5.95. The third kappa shape index (κ3) is 3.77. The van der Waals surface area contributed by atoms with Crippen LogP contribution >= 0.6 is 0 Å². The van der Waals surface area contributed by atoms with Gasteiger partial charge in [-0.25, -0.2) is 14.2 Å². The summed E-state index contributed by atoms with van der Waals surface area (Å²) in [7, 11) is 0. The van der Waals surface area contributed by atoms with E-state index in [0.29, 0.717) is 18.8 Å². The topological polar surface area (TPSA) is 62.2 Å². The molecular weight excluding hydrogens is 247 g/mol. The highest BCUT2D eigenvalue weighted by Gasteiger charge is 2.03. The number of rotatable bonds is 5. The Morgan fingerprint density at radius 1 is 1.26 bits per heavy atom. The Kier molecular flexibility index (Phi) is 4.07. The lowest BCUT2D eigenvalue weighted by atomic mass is 10.1. The number of hydrogen-bond donors (Lipinski definition) is 2. The summed E-state index contributed by atoms with van der Waals surface area (Å²) < 4.78 is 12.7. The van der Waals surface area contributed by atoms with Crippen LogP contribution in [0.1, 0.15) is 15.9 Å². The van der Waals surface area contributed by atoms with E-state index in [1.807, 2.05) is 0 Å². The van der Waals surface area contributed by atoms with Crippen LogP contribution in [0.2, 0.25) is 0 Å². The number of halogens is 1. The molecule has 0 saturated carbocycles. The van der Waals surface area contributed by atoms with Gasteiger partial charge in [-0.1, -0.05) is 12.1 Å². The SMILES string of the molecule is O=C(O)c1ccnc(NCCc2ccc(F)cc2)c1. The van der Waals surface area contributed by atoms with Crippen LogP contribution in [0.15, 0.2) is 42.6 Å². The van der Waals surface area contributed by atoms with E-state index in [2.05, 4.69) is 10.3 Å². The number of nitrogens with zero attached hydrogens (tertiary/aromatic N) is 1. The van der Waals surface area contributed by atoms with Crippen molar-refractivity contribution >= 4 is 11.8 Å². The molecule has 1 aromatic carbocycles. The predicted octanol–water partition coefficient (Wildman–Crippen LogP) is 2.57. The van der Waals surface area contributed by atoms with Crippen LogP contribution < -0.4 is 5.32 Å². The van der Waals surface area contributed by atoms with Crippen molar-refractivity contribution in [2.75, 3.05) is 11.9 Å². The molecule has 0 atom stereocenters. The lowest BCUT2D eigenvalue weighted by molar-refractivity contribution is 0.0697. The number of carboxylic acid groups (broad SMARTS) is 1. The van der Waals surface area contributed by atoms with Crippen LogP contribution in [-0.2, 0) is 6.42 Å². The summed E-state index contributed by atoms with van der Waals surface area (Å²) >= 11 is 0. The molecule has 0 fully saturated rings. The highest BCUT2D eigenvalue weighted by Crippen LogP contribution is 2.08. The fraction of sp³-hybridized carbons (Fsp3) is 0.143. The quantitative estimate of drug-likeness (QED) is 0.867. The Morgan fingerprint density at radius 3 is 2.68 bits per heavy atom. The summed E-state index contributed by atoms with van der Waals surface area (Å²) in [5.74, 6) is -0.724. The van der Waals surface area contributed by atoms with Crippen LogP contribution in [-0.4, -0.2) is 22.6 Å². The average Bonchev–Trinajstić information content (AvgIpc) is 2.41. The van der Waals surface area contributed by atoms with Crippen molar-refractivity contribution in [3.63, 3.8) is 0 Å². The molecule has 4 nitrogen and oxygen atoms in total. The third-order valence-corrected chi connectivity index (χ3v) is 2.64. The third-order valence-electron chi connectivity index (χ3n) is 2.64. The monoisotopic (exact) mass is 260 g/mol.